The molecular weight excluding hydrogens is 334 g/mol. The smallest absolute Gasteiger partial charge is 0.271 e. The lowest BCUT2D eigenvalue weighted by molar-refractivity contribution is 0.0993. The van der Waals surface area contributed by atoms with Crippen LogP contribution < -0.4 is 15.2 Å². The summed E-state index contributed by atoms with van der Waals surface area (Å²) in [7, 11) is 0. The molecule has 0 unspecified atom stereocenters. The molecule has 0 spiro atoms. The molecule has 0 radical (unpaired) electrons. The van der Waals surface area contributed by atoms with E-state index >= 15 is 0 Å². The summed E-state index contributed by atoms with van der Waals surface area (Å²) in [5.41, 5.74) is 5.96. The normalized spacial score (nSPS) is 12.3. The van der Waals surface area contributed by atoms with Gasteiger partial charge in [0.15, 0.2) is 11.4 Å². The third kappa shape index (κ3) is 2.54. The molecule has 0 saturated heterocycles. The second-order valence-electron chi connectivity index (χ2n) is 5.81. The number of fused-ring (bicyclic) bond motifs is 2. The maximum atomic E-state index is 11.5. The minimum atomic E-state index is -0.911. The van der Waals surface area contributed by atoms with Crippen molar-refractivity contribution in [1.82, 2.24) is 4.98 Å². The van der Waals surface area contributed by atoms with Crippen molar-refractivity contribution in [2.45, 2.75) is 6.42 Å². The van der Waals surface area contributed by atoms with Crippen LogP contribution in [0.5, 0.6) is 23.0 Å². The first-order chi connectivity index (χ1) is 12.6. The lowest BCUT2D eigenvalue weighted by Gasteiger charge is -2.10. The average molecular weight is 347 g/mol. The van der Waals surface area contributed by atoms with E-state index in [0.29, 0.717) is 23.5 Å². The first kappa shape index (κ1) is 15.7. The van der Waals surface area contributed by atoms with Gasteiger partial charge in [-0.3, -0.25) is 4.79 Å². The molecule has 1 aromatic heterocycles. The maximum absolute atomic E-state index is 11.5. The van der Waals surface area contributed by atoms with Crippen molar-refractivity contribution >= 4 is 16.7 Å². The van der Waals surface area contributed by atoms with E-state index in [1.807, 2.05) is 18.2 Å². The summed E-state index contributed by atoms with van der Waals surface area (Å²) in [5.74, 6) is 0.629. The number of hydrogen-bond acceptors (Lipinski definition) is 6. The Labute approximate surface area is 148 Å². The molecule has 0 atom stereocenters. The van der Waals surface area contributed by atoms with Crippen LogP contribution in [-0.4, -0.2) is 22.6 Å². The van der Waals surface area contributed by atoms with Gasteiger partial charge < -0.3 is 20.3 Å². The first-order valence-electron chi connectivity index (χ1n) is 7.87. The summed E-state index contributed by atoms with van der Waals surface area (Å²) in [4.78, 5) is 15.3. The number of nitrogens with zero attached hydrogens (tertiary/aromatic N) is 2. The molecule has 7 nitrogen and oxygen atoms in total. The Hall–Kier alpha value is -3.79. The number of nitrogens with two attached hydrogens (primary N) is 1. The zero-order valence-corrected chi connectivity index (χ0v) is 13.5. The van der Waals surface area contributed by atoms with Gasteiger partial charge in [-0.15, -0.1) is 0 Å². The van der Waals surface area contributed by atoms with Crippen molar-refractivity contribution in [1.29, 1.82) is 5.26 Å². The number of nitriles is 1. The van der Waals surface area contributed by atoms with Gasteiger partial charge in [0.2, 0.25) is 0 Å². The van der Waals surface area contributed by atoms with E-state index in [9.17, 15) is 15.2 Å². The fourth-order valence-corrected chi connectivity index (χ4v) is 2.96. The SMILES string of the molecule is N#Cc1nc(C(N)=O)c(O)c2cc(Oc3ccc4c(c3)CCO4)ccc12. The van der Waals surface area contributed by atoms with E-state index in [1.165, 1.54) is 0 Å². The van der Waals surface area contributed by atoms with Gasteiger partial charge in [-0.25, -0.2) is 4.98 Å². The van der Waals surface area contributed by atoms with Crippen molar-refractivity contribution in [2.24, 2.45) is 5.73 Å². The molecule has 0 saturated carbocycles. The molecule has 128 valence electrons. The van der Waals surface area contributed by atoms with Crippen LogP contribution in [0.25, 0.3) is 10.8 Å². The number of benzene rings is 2. The number of carbonyl (C=O) groups excluding carboxylic acids is 1. The quantitative estimate of drug-likeness (QED) is 0.752. The summed E-state index contributed by atoms with van der Waals surface area (Å²) in [6, 6.07) is 12.3. The lowest BCUT2D eigenvalue weighted by Crippen LogP contribution is -2.14. The molecule has 3 aromatic rings. The van der Waals surface area contributed by atoms with E-state index in [-0.39, 0.29) is 22.5 Å². The first-order valence-corrected chi connectivity index (χ1v) is 7.87. The van der Waals surface area contributed by atoms with Gasteiger partial charge in [-0.1, -0.05) is 0 Å². The molecule has 1 amide bonds. The van der Waals surface area contributed by atoms with Gasteiger partial charge in [-0.05, 0) is 36.4 Å². The van der Waals surface area contributed by atoms with Gasteiger partial charge in [0.05, 0.1) is 6.61 Å². The van der Waals surface area contributed by atoms with Gasteiger partial charge in [0, 0.05) is 22.8 Å². The van der Waals surface area contributed by atoms with Crippen molar-refractivity contribution in [3.05, 3.63) is 53.3 Å². The van der Waals surface area contributed by atoms with Crippen molar-refractivity contribution in [3.63, 3.8) is 0 Å². The number of aromatic hydroxyl groups is 1. The highest BCUT2D eigenvalue weighted by molar-refractivity contribution is 6.02. The van der Waals surface area contributed by atoms with Crippen molar-refractivity contribution in [3.8, 4) is 29.1 Å². The maximum Gasteiger partial charge on any atom is 0.271 e. The monoisotopic (exact) mass is 347 g/mol. The Bertz CT molecular complexity index is 1100. The Morgan fingerprint density at radius 2 is 2.00 bits per heavy atom. The van der Waals surface area contributed by atoms with Crippen LogP contribution in [0.15, 0.2) is 36.4 Å². The second-order valence-corrected chi connectivity index (χ2v) is 5.81. The predicted molar refractivity (Wildman–Crippen MR) is 92.4 cm³/mol. The molecule has 3 N–H and O–H groups in total. The summed E-state index contributed by atoms with van der Waals surface area (Å²) >= 11 is 0. The third-order valence-electron chi connectivity index (χ3n) is 4.19. The standard InChI is InChI=1S/C19H13N3O4/c20-9-15-13-3-1-12(8-14(13)18(23)17(22-15)19(21)24)26-11-2-4-16-10(7-11)5-6-25-16/h1-4,7-8,23H,5-6H2,(H2,21,24). The molecule has 0 bridgehead atoms. The zero-order chi connectivity index (χ0) is 18.3. The number of ether oxygens (including phenoxy) is 2. The molecule has 7 heteroatoms. The molecular formula is C19H13N3O4. The topological polar surface area (TPSA) is 118 Å². The van der Waals surface area contributed by atoms with Gasteiger partial charge in [0.1, 0.15) is 29.0 Å². The van der Waals surface area contributed by atoms with Gasteiger partial charge in [-0.2, -0.15) is 5.26 Å². The van der Waals surface area contributed by atoms with Crippen LogP contribution in [0.3, 0.4) is 0 Å². The number of amides is 1. The van der Waals surface area contributed by atoms with Crippen LogP contribution in [0, 0.1) is 11.3 Å². The molecule has 2 aromatic carbocycles. The van der Waals surface area contributed by atoms with Crippen molar-refractivity contribution < 1.29 is 19.4 Å². The van der Waals surface area contributed by atoms with Crippen LogP contribution >= 0.6 is 0 Å². The Kier molecular flexibility index (Phi) is 3.59. The van der Waals surface area contributed by atoms with Gasteiger partial charge >= 0.3 is 0 Å². The largest absolute Gasteiger partial charge is 0.505 e. The van der Waals surface area contributed by atoms with E-state index in [4.69, 9.17) is 15.2 Å². The fourth-order valence-electron chi connectivity index (χ4n) is 2.96. The lowest BCUT2D eigenvalue weighted by atomic mass is 10.1. The Morgan fingerprint density at radius 3 is 2.77 bits per heavy atom. The summed E-state index contributed by atoms with van der Waals surface area (Å²) < 4.78 is 11.3. The van der Waals surface area contributed by atoms with E-state index in [0.717, 1.165) is 17.7 Å². The Morgan fingerprint density at radius 1 is 1.23 bits per heavy atom. The molecule has 1 aliphatic rings. The van der Waals surface area contributed by atoms with E-state index in [2.05, 4.69) is 4.98 Å². The number of aromatic nitrogens is 1. The molecule has 2 heterocycles. The van der Waals surface area contributed by atoms with Crippen LogP contribution in [0.1, 0.15) is 21.7 Å². The Balaban J connectivity index is 1.78. The molecule has 0 fully saturated rings. The molecule has 4 rings (SSSR count). The van der Waals surface area contributed by atoms with Crippen molar-refractivity contribution in [2.75, 3.05) is 6.61 Å². The molecule has 1 aliphatic heterocycles. The molecule has 0 aliphatic carbocycles. The highest BCUT2D eigenvalue weighted by Gasteiger charge is 2.18. The van der Waals surface area contributed by atoms with E-state index in [1.54, 1.807) is 24.3 Å². The average Bonchev–Trinajstić information content (AvgIpc) is 3.10. The number of rotatable bonds is 3. The number of carbonyl (C=O) groups is 1. The third-order valence-corrected chi connectivity index (χ3v) is 4.19. The minimum Gasteiger partial charge on any atom is -0.505 e. The second kappa shape index (κ2) is 5.93. The van der Waals surface area contributed by atoms with E-state index < -0.39 is 5.91 Å². The molecule has 26 heavy (non-hydrogen) atoms. The highest BCUT2D eigenvalue weighted by atomic mass is 16.5. The predicted octanol–water partition coefficient (Wildman–Crippen LogP) is 2.64. The summed E-state index contributed by atoms with van der Waals surface area (Å²) in [6.45, 7) is 0.655. The number of primary amides is 1. The zero-order valence-electron chi connectivity index (χ0n) is 13.5. The highest BCUT2D eigenvalue weighted by Crippen LogP contribution is 2.35. The number of pyridine rings is 1. The number of hydrogen-bond donors (Lipinski definition) is 2. The minimum absolute atomic E-state index is 0.00725. The summed E-state index contributed by atoms with van der Waals surface area (Å²) in [6.07, 6.45) is 0.824. The van der Waals surface area contributed by atoms with Crippen LogP contribution in [0.2, 0.25) is 0 Å². The van der Waals surface area contributed by atoms with Crippen LogP contribution in [-0.2, 0) is 6.42 Å². The fraction of sp³-hybridized carbons (Fsp3) is 0.105. The van der Waals surface area contributed by atoms with Gasteiger partial charge in [0.25, 0.3) is 5.91 Å². The van der Waals surface area contributed by atoms with Crippen LogP contribution in [0.4, 0.5) is 0 Å². The summed E-state index contributed by atoms with van der Waals surface area (Å²) in [5, 5.41) is 20.2.